The minimum atomic E-state index is 0.342. The van der Waals surface area contributed by atoms with E-state index in [4.69, 9.17) is 11.6 Å². The number of nitrogens with zero attached hydrogens (tertiary/aromatic N) is 1. The van der Waals surface area contributed by atoms with Crippen molar-refractivity contribution in [3.63, 3.8) is 0 Å². The fraction of sp³-hybridized carbons (Fsp3) is 0.727. The topological polar surface area (TPSA) is 3.24 Å². The number of hydrogen-bond donors (Lipinski definition) is 0. The molecule has 0 spiro atoms. The van der Waals surface area contributed by atoms with Gasteiger partial charge in [0.1, 0.15) is 0 Å². The van der Waals surface area contributed by atoms with Gasteiger partial charge in [0.2, 0.25) is 0 Å². The second kappa shape index (κ2) is 12.8. The standard InChI is InChI=1S/C22H40ClN/c1-8-11-20(23)15-14-19(4)16-17-24(18-22(5,6)7)21(12-9-2)13-10-3/h8,11,14-15,19,21H,1,9-10,12-13,16-18H2,2-7H3/b15-14-,20-11+. The summed E-state index contributed by atoms with van der Waals surface area (Å²) in [5.74, 6) is 0.531. The molecular formula is C22H40ClN. The van der Waals surface area contributed by atoms with E-state index in [0.717, 1.165) is 17.6 Å². The Balaban J connectivity index is 4.80. The van der Waals surface area contributed by atoms with Crippen LogP contribution in [0.1, 0.15) is 73.6 Å². The van der Waals surface area contributed by atoms with E-state index in [1.165, 1.54) is 38.6 Å². The van der Waals surface area contributed by atoms with Gasteiger partial charge in [0.25, 0.3) is 0 Å². The Morgan fingerprint density at radius 1 is 1.12 bits per heavy atom. The van der Waals surface area contributed by atoms with Gasteiger partial charge < -0.3 is 0 Å². The highest BCUT2D eigenvalue weighted by atomic mass is 35.5. The lowest BCUT2D eigenvalue weighted by Crippen LogP contribution is -2.41. The molecule has 0 aliphatic carbocycles. The SMILES string of the molecule is C=C/C=C(Cl)\C=C/C(C)CCN(CC(C)(C)C)C(CCC)CCC. The zero-order valence-electron chi connectivity index (χ0n) is 16.9. The Hall–Kier alpha value is -0.530. The van der Waals surface area contributed by atoms with Gasteiger partial charge in [-0.3, -0.25) is 4.90 Å². The average molecular weight is 354 g/mol. The number of hydrogen-bond acceptors (Lipinski definition) is 1. The molecule has 0 aromatic heterocycles. The van der Waals surface area contributed by atoms with Crippen LogP contribution in [0, 0.1) is 11.3 Å². The normalized spacial score (nSPS) is 14.8. The molecule has 0 rings (SSSR count). The second-order valence-corrected chi connectivity index (χ2v) is 8.61. The summed E-state index contributed by atoms with van der Waals surface area (Å²) in [5, 5.41) is 0.748. The van der Waals surface area contributed by atoms with E-state index in [1.54, 1.807) is 6.08 Å². The molecule has 1 unspecified atom stereocenters. The van der Waals surface area contributed by atoms with Crippen molar-refractivity contribution in [3.05, 3.63) is 35.9 Å². The minimum absolute atomic E-state index is 0.342. The van der Waals surface area contributed by atoms with Gasteiger partial charge >= 0.3 is 0 Å². The highest BCUT2D eigenvalue weighted by molar-refractivity contribution is 6.31. The van der Waals surface area contributed by atoms with Crippen LogP contribution >= 0.6 is 11.6 Å². The quantitative estimate of drug-likeness (QED) is 0.335. The molecule has 140 valence electrons. The second-order valence-electron chi connectivity index (χ2n) is 8.17. The molecule has 0 heterocycles. The van der Waals surface area contributed by atoms with Gasteiger partial charge in [0.15, 0.2) is 0 Å². The molecule has 1 nitrogen and oxygen atoms in total. The van der Waals surface area contributed by atoms with Gasteiger partial charge in [0, 0.05) is 17.6 Å². The molecule has 0 saturated heterocycles. The predicted molar refractivity (Wildman–Crippen MR) is 112 cm³/mol. The average Bonchev–Trinajstić information content (AvgIpc) is 2.48. The largest absolute Gasteiger partial charge is 0.300 e. The fourth-order valence-electron chi connectivity index (χ4n) is 3.07. The maximum absolute atomic E-state index is 6.10. The Labute approximate surface area is 156 Å². The maximum Gasteiger partial charge on any atom is 0.0402 e. The summed E-state index contributed by atoms with van der Waals surface area (Å²) in [6, 6.07) is 0.722. The summed E-state index contributed by atoms with van der Waals surface area (Å²) in [6.45, 7) is 19.9. The first-order chi connectivity index (χ1) is 11.2. The van der Waals surface area contributed by atoms with E-state index >= 15 is 0 Å². The van der Waals surface area contributed by atoms with Crippen LogP contribution in [-0.2, 0) is 0 Å². The molecule has 0 amide bonds. The van der Waals surface area contributed by atoms with Crippen LogP contribution < -0.4 is 0 Å². The van der Waals surface area contributed by atoms with Crippen LogP contribution in [0.15, 0.2) is 35.9 Å². The third-order valence-electron chi connectivity index (χ3n) is 4.17. The molecular weight excluding hydrogens is 314 g/mol. The van der Waals surface area contributed by atoms with Crippen molar-refractivity contribution in [3.8, 4) is 0 Å². The smallest absolute Gasteiger partial charge is 0.0402 e. The molecule has 0 aliphatic heterocycles. The van der Waals surface area contributed by atoms with Crippen LogP contribution in [0.4, 0.5) is 0 Å². The van der Waals surface area contributed by atoms with Gasteiger partial charge in [-0.1, -0.05) is 84.7 Å². The molecule has 0 fully saturated rings. The molecule has 2 heteroatoms. The molecule has 0 radical (unpaired) electrons. The van der Waals surface area contributed by atoms with E-state index in [1.807, 2.05) is 12.2 Å². The van der Waals surface area contributed by atoms with Gasteiger partial charge in [-0.15, -0.1) is 0 Å². The van der Waals surface area contributed by atoms with Crippen LogP contribution in [0.3, 0.4) is 0 Å². The first kappa shape index (κ1) is 23.5. The molecule has 0 bridgehead atoms. The van der Waals surface area contributed by atoms with Gasteiger partial charge in [-0.2, -0.15) is 0 Å². The highest BCUT2D eigenvalue weighted by Crippen LogP contribution is 2.22. The molecule has 0 N–H and O–H groups in total. The Morgan fingerprint density at radius 3 is 2.17 bits per heavy atom. The monoisotopic (exact) mass is 353 g/mol. The number of rotatable bonds is 12. The lowest BCUT2D eigenvalue weighted by molar-refractivity contribution is 0.119. The Bertz CT molecular complexity index is 383. The van der Waals surface area contributed by atoms with Crippen molar-refractivity contribution >= 4 is 11.6 Å². The zero-order valence-corrected chi connectivity index (χ0v) is 17.7. The van der Waals surface area contributed by atoms with Gasteiger partial charge in [-0.25, -0.2) is 0 Å². The lowest BCUT2D eigenvalue weighted by Gasteiger charge is -2.37. The maximum atomic E-state index is 6.10. The lowest BCUT2D eigenvalue weighted by atomic mass is 9.93. The van der Waals surface area contributed by atoms with Crippen molar-refractivity contribution < 1.29 is 0 Å². The molecule has 0 saturated carbocycles. The van der Waals surface area contributed by atoms with E-state index in [0.29, 0.717) is 11.3 Å². The predicted octanol–water partition coefficient (Wildman–Crippen LogP) is 7.19. The van der Waals surface area contributed by atoms with E-state index in [-0.39, 0.29) is 0 Å². The molecule has 0 aromatic rings. The fourth-order valence-corrected chi connectivity index (χ4v) is 3.23. The van der Waals surface area contributed by atoms with E-state index < -0.39 is 0 Å². The molecule has 0 aromatic carbocycles. The van der Waals surface area contributed by atoms with Crippen LogP contribution in [0.25, 0.3) is 0 Å². The van der Waals surface area contributed by atoms with Gasteiger partial charge in [-0.05, 0) is 49.3 Å². The third kappa shape index (κ3) is 11.9. The minimum Gasteiger partial charge on any atom is -0.300 e. The summed E-state index contributed by atoms with van der Waals surface area (Å²) in [4.78, 5) is 2.73. The van der Waals surface area contributed by atoms with Crippen molar-refractivity contribution in [2.24, 2.45) is 11.3 Å². The molecule has 24 heavy (non-hydrogen) atoms. The van der Waals surface area contributed by atoms with Crippen molar-refractivity contribution in [2.45, 2.75) is 79.7 Å². The van der Waals surface area contributed by atoms with Gasteiger partial charge in [0.05, 0.1) is 0 Å². The van der Waals surface area contributed by atoms with E-state index in [9.17, 15) is 0 Å². The number of allylic oxidation sites excluding steroid dienone is 5. The summed E-state index contributed by atoms with van der Waals surface area (Å²) < 4.78 is 0. The first-order valence-corrected chi connectivity index (χ1v) is 10.0. The summed E-state index contributed by atoms with van der Waals surface area (Å²) >= 11 is 6.10. The molecule has 1 atom stereocenters. The van der Waals surface area contributed by atoms with Crippen LogP contribution in [-0.4, -0.2) is 24.0 Å². The zero-order chi connectivity index (χ0) is 18.6. The van der Waals surface area contributed by atoms with Crippen LogP contribution in [0.5, 0.6) is 0 Å². The third-order valence-corrected chi connectivity index (χ3v) is 4.42. The van der Waals surface area contributed by atoms with E-state index in [2.05, 4.69) is 59.1 Å². The summed E-state index contributed by atoms with van der Waals surface area (Å²) in [6.07, 6.45) is 14.1. The summed E-state index contributed by atoms with van der Waals surface area (Å²) in [7, 11) is 0. The molecule has 0 aliphatic rings. The van der Waals surface area contributed by atoms with Crippen molar-refractivity contribution in [1.82, 2.24) is 4.90 Å². The Kier molecular flexibility index (Phi) is 12.5. The van der Waals surface area contributed by atoms with Crippen molar-refractivity contribution in [2.75, 3.05) is 13.1 Å². The summed E-state index contributed by atoms with van der Waals surface area (Å²) in [5.41, 5.74) is 0.342. The Morgan fingerprint density at radius 2 is 1.71 bits per heavy atom. The number of halogens is 1. The van der Waals surface area contributed by atoms with Crippen LogP contribution in [0.2, 0.25) is 0 Å². The highest BCUT2D eigenvalue weighted by Gasteiger charge is 2.22. The van der Waals surface area contributed by atoms with Crippen molar-refractivity contribution in [1.29, 1.82) is 0 Å². The first-order valence-electron chi connectivity index (χ1n) is 9.64.